The molecule has 0 saturated heterocycles. The van der Waals surface area contributed by atoms with Crippen LogP contribution >= 0.6 is 0 Å². The maximum absolute atomic E-state index is 13.8. The monoisotopic (exact) mass is 436 g/mol. The van der Waals surface area contributed by atoms with E-state index in [4.69, 9.17) is 0 Å². The van der Waals surface area contributed by atoms with Gasteiger partial charge in [0.05, 0.1) is 0 Å². The maximum Gasteiger partial charge on any atom is 0.252 e. The van der Waals surface area contributed by atoms with Crippen molar-refractivity contribution < 1.29 is 4.39 Å². The van der Waals surface area contributed by atoms with E-state index in [1.807, 2.05) is 43.3 Å². The standard InChI is InChI=1S/C29H25FN2O/c1-20-9-12-28-25(13-20)16-26(29(33)31-28)19-32(17-21-5-4-8-27(30)15-21)18-22-10-11-23-6-2-3-7-24(23)14-22/h2-16H,17-19H2,1H3,(H,31,33). The van der Waals surface area contributed by atoms with Gasteiger partial charge < -0.3 is 4.98 Å². The van der Waals surface area contributed by atoms with Gasteiger partial charge in [-0.3, -0.25) is 9.69 Å². The summed E-state index contributed by atoms with van der Waals surface area (Å²) in [5.74, 6) is -0.253. The number of nitrogens with zero attached hydrogens (tertiary/aromatic N) is 1. The van der Waals surface area contributed by atoms with Crippen molar-refractivity contribution in [3.8, 4) is 0 Å². The Bertz CT molecular complexity index is 1510. The lowest BCUT2D eigenvalue weighted by Gasteiger charge is -2.23. The third-order valence-electron chi connectivity index (χ3n) is 5.99. The van der Waals surface area contributed by atoms with Crippen LogP contribution in [0.1, 0.15) is 22.3 Å². The van der Waals surface area contributed by atoms with E-state index in [0.717, 1.165) is 27.6 Å². The average Bonchev–Trinajstić information content (AvgIpc) is 2.80. The highest BCUT2D eigenvalue weighted by Crippen LogP contribution is 2.20. The van der Waals surface area contributed by atoms with Crippen LogP contribution in [0.2, 0.25) is 0 Å². The second kappa shape index (κ2) is 9.00. The van der Waals surface area contributed by atoms with Crippen LogP contribution in [0.4, 0.5) is 4.39 Å². The molecular weight excluding hydrogens is 411 g/mol. The molecule has 0 bridgehead atoms. The Balaban J connectivity index is 1.49. The van der Waals surface area contributed by atoms with E-state index in [1.165, 1.54) is 16.8 Å². The van der Waals surface area contributed by atoms with Gasteiger partial charge in [0.15, 0.2) is 0 Å². The lowest BCUT2D eigenvalue weighted by Crippen LogP contribution is -2.26. The second-order valence-corrected chi connectivity index (χ2v) is 8.67. The molecule has 0 aliphatic carbocycles. The summed E-state index contributed by atoms with van der Waals surface area (Å²) in [4.78, 5) is 18.0. The molecule has 1 aromatic heterocycles. The first-order valence-electron chi connectivity index (χ1n) is 11.1. The zero-order valence-corrected chi connectivity index (χ0v) is 18.5. The van der Waals surface area contributed by atoms with Gasteiger partial charge in [-0.1, -0.05) is 60.2 Å². The smallest absolute Gasteiger partial charge is 0.252 e. The SMILES string of the molecule is Cc1ccc2[nH]c(=O)c(CN(Cc3cccc(F)c3)Cc3ccc4ccccc4c3)cc2c1. The first-order chi connectivity index (χ1) is 16.0. The van der Waals surface area contributed by atoms with E-state index in [0.29, 0.717) is 25.2 Å². The summed E-state index contributed by atoms with van der Waals surface area (Å²) >= 11 is 0. The quantitative estimate of drug-likeness (QED) is 0.338. The molecule has 0 atom stereocenters. The Morgan fingerprint density at radius 1 is 0.727 bits per heavy atom. The summed E-state index contributed by atoms with van der Waals surface area (Å²) in [6.07, 6.45) is 0. The molecule has 4 aromatic carbocycles. The van der Waals surface area contributed by atoms with Gasteiger partial charge in [0.1, 0.15) is 5.82 Å². The minimum absolute atomic E-state index is 0.0888. The number of H-pyrrole nitrogens is 1. The summed E-state index contributed by atoms with van der Waals surface area (Å²) < 4.78 is 13.8. The van der Waals surface area contributed by atoms with E-state index in [1.54, 1.807) is 12.1 Å². The molecule has 0 aliphatic rings. The van der Waals surface area contributed by atoms with Gasteiger partial charge in [-0.2, -0.15) is 0 Å². The summed E-state index contributed by atoms with van der Waals surface area (Å²) in [6, 6.07) is 29.3. The van der Waals surface area contributed by atoms with Gasteiger partial charge in [0.2, 0.25) is 0 Å². The minimum atomic E-state index is -0.253. The number of benzene rings is 4. The highest BCUT2D eigenvalue weighted by Gasteiger charge is 2.13. The first-order valence-corrected chi connectivity index (χ1v) is 11.1. The van der Waals surface area contributed by atoms with Crippen LogP contribution in [0.5, 0.6) is 0 Å². The van der Waals surface area contributed by atoms with Crippen molar-refractivity contribution in [2.24, 2.45) is 0 Å². The molecule has 0 amide bonds. The zero-order chi connectivity index (χ0) is 22.8. The van der Waals surface area contributed by atoms with Crippen LogP contribution in [0.25, 0.3) is 21.7 Å². The molecule has 164 valence electrons. The lowest BCUT2D eigenvalue weighted by atomic mass is 10.1. The highest BCUT2D eigenvalue weighted by atomic mass is 19.1. The summed E-state index contributed by atoms with van der Waals surface area (Å²) in [7, 11) is 0. The number of aromatic amines is 1. The van der Waals surface area contributed by atoms with Gasteiger partial charge in [-0.05, 0) is 70.6 Å². The lowest BCUT2D eigenvalue weighted by molar-refractivity contribution is 0.246. The number of pyridine rings is 1. The number of hydrogen-bond acceptors (Lipinski definition) is 2. The molecule has 1 heterocycles. The average molecular weight is 437 g/mol. The normalized spacial score (nSPS) is 11.5. The molecular formula is C29H25FN2O. The fourth-order valence-corrected chi connectivity index (χ4v) is 4.39. The minimum Gasteiger partial charge on any atom is -0.322 e. The van der Waals surface area contributed by atoms with Crippen LogP contribution in [0.15, 0.2) is 95.8 Å². The van der Waals surface area contributed by atoms with Crippen LogP contribution in [-0.2, 0) is 19.6 Å². The fraction of sp³-hybridized carbons (Fsp3) is 0.138. The Hall–Kier alpha value is -3.76. The third kappa shape index (κ3) is 4.86. The molecule has 33 heavy (non-hydrogen) atoms. The summed E-state index contributed by atoms with van der Waals surface area (Å²) in [5, 5.41) is 3.39. The Morgan fingerprint density at radius 2 is 1.52 bits per heavy atom. The van der Waals surface area contributed by atoms with Gasteiger partial charge in [-0.25, -0.2) is 4.39 Å². The molecule has 0 aliphatic heterocycles. The van der Waals surface area contributed by atoms with Gasteiger partial charge in [0, 0.05) is 30.7 Å². The molecule has 1 N–H and O–H groups in total. The second-order valence-electron chi connectivity index (χ2n) is 8.67. The number of halogens is 1. The van der Waals surface area contributed by atoms with E-state index in [-0.39, 0.29) is 11.4 Å². The zero-order valence-electron chi connectivity index (χ0n) is 18.5. The molecule has 0 fully saturated rings. The van der Waals surface area contributed by atoms with Gasteiger partial charge in [0.25, 0.3) is 5.56 Å². The van der Waals surface area contributed by atoms with Gasteiger partial charge >= 0.3 is 0 Å². The van der Waals surface area contributed by atoms with E-state index < -0.39 is 0 Å². The number of nitrogens with one attached hydrogen (secondary N) is 1. The van der Waals surface area contributed by atoms with Crippen molar-refractivity contribution in [1.29, 1.82) is 0 Å². The predicted molar refractivity (Wildman–Crippen MR) is 133 cm³/mol. The number of rotatable bonds is 6. The topological polar surface area (TPSA) is 36.1 Å². The Morgan fingerprint density at radius 3 is 2.33 bits per heavy atom. The maximum atomic E-state index is 13.8. The van der Waals surface area contributed by atoms with Gasteiger partial charge in [-0.15, -0.1) is 0 Å². The van der Waals surface area contributed by atoms with Crippen molar-refractivity contribution in [2.75, 3.05) is 0 Å². The fourth-order valence-electron chi connectivity index (χ4n) is 4.39. The molecule has 0 unspecified atom stereocenters. The largest absolute Gasteiger partial charge is 0.322 e. The van der Waals surface area contributed by atoms with Crippen molar-refractivity contribution in [3.63, 3.8) is 0 Å². The molecule has 0 radical (unpaired) electrons. The van der Waals surface area contributed by atoms with Crippen molar-refractivity contribution in [3.05, 3.63) is 129 Å². The first kappa shape index (κ1) is 21.1. The molecule has 0 saturated carbocycles. The van der Waals surface area contributed by atoms with Crippen molar-refractivity contribution in [2.45, 2.75) is 26.6 Å². The van der Waals surface area contributed by atoms with Crippen molar-refractivity contribution in [1.82, 2.24) is 9.88 Å². The molecule has 0 spiro atoms. The predicted octanol–water partition coefficient (Wildman–Crippen LogP) is 6.33. The molecule has 3 nitrogen and oxygen atoms in total. The summed E-state index contributed by atoms with van der Waals surface area (Å²) in [6.45, 7) is 3.69. The summed E-state index contributed by atoms with van der Waals surface area (Å²) in [5.41, 5.74) is 4.62. The van der Waals surface area contributed by atoms with Crippen LogP contribution < -0.4 is 5.56 Å². The van der Waals surface area contributed by atoms with Crippen LogP contribution in [0, 0.1) is 12.7 Å². The third-order valence-corrected chi connectivity index (χ3v) is 5.99. The Kier molecular flexibility index (Phi) is 5.76. The van der Waals surface area contributed by atoms with E-state index in [9.17, 15) is 9.18 Å². The molecule has 5 aromatic rings. The van der Waals surface area contributed by atoms with E-state index >= 15 is 0 Å². The number of aryl methyl sites for hydroxylation is 1. The Labute approximate surface area is 192 Å². The number of fused-ring (bicyclic) bond motifs is 2. The van der Waals surface area contributed by atoms with E-state index in [2.05, 4.69) is 46.3 Å². The number of hydrogen-bond donors (Lipinski definition) is 1. The van der Waals surface area contributed by atoms with Crippen LogP contribution in [0.3, 0.4) is 0 Å². The highest BCUT2D eigenvalue weighted by molar-refractivity contribution is 5.83. The van der Waals surface area contributed by atoms with Crippen molar-refractivity contribution >= 4 is 21.7 Å². The molecule has 5 rings (SSSR count). The molecule has 4 heteroatoms. The number of aromatic nitrogens is 1. The van der Waals surface area contributed by atoms with Crippen LogP contribution in [-0.4, -0.2) is 9.88 Å².